The summed E-state index contributed by atoms with van der Waals surface area (Å²) in [6, 6.07) is 9.85. The smallest absolute Gasteiger partial charge is 0.316 e. The Labute approximate surface area is 191 Å². The van der Waals surface area contributed by atoms with E-state index in [1.54, 1.807) is 31.7 Å². The van der Waals surface area contributed by atoms with Gasteiger partial charge in [-0.15, -0.1) is 0 Å². The summed E-state index contributed by atoms with van der Waals surface area (Å²) >= 11 is 0. The van der Waals surface area contributed by atoms with E-state index in [0.717, 1.165) is 22.0 Å². The first-order chi connectivity index (χ1) is 16.1. The Morgan fingerprint density at radius 1 is 1.09 bits per heavy atom. The summed E-state index contributed by atoms with van der Waals surface area (Å²) in [7, 11) is 1.63. The maximum absolute atomic E-state index is 12.2. The van der Waals surface area contributed by atoms with Crippen LogP contribution in [-0.2, 0) is 0 Å². The Balaban J connectivity index is 1.51. The number of hydrogen-bond acceptors (Lipinski definition) is 8. The summed E-state index contributed by atoms with van der Waals surface area (Å²) < 4.78 is 5.29. The molecule has 0 fully saturated rings. The largest absolute Gasteiger partial charge is 0.464 e. The minimum Gasteiger partial charge on any atom is -0.464 e. The number of amides is 1. The van der Waals surface area contributed by atoms with E-state index in [2.05, 4.69) is 42.5 Å². The number of para-hydroxylation sites is 1. The Morgan fingerprint density at radius 2 is 1.91 bits per heavy atom. The molecule has 4 rings (SSSR count). The second-order valence-electron chi connectivity index (χ2n) is 7.44. The Kier molecular flexibility index (Phi) is 6.68. The van der Waals surface area contributed by atoms with E-state index in [0.29, 0.717) is 36.2 Å². The van der Waals surface area contributed by atoms with Crippen molar-refractivity contribution in [1.82, 2.24) is 30.2 Å². The number of fused-ring (bicyclic) bond motifs is 1. The van der Waals surface area contributed by atoms with Crippen LogP contribution < -0.4 is 15.4 Å². The van der Waals surface area contributed by atoms with Crippen molar-refractivity contribution in [2.24, 2.45) is 0 Å². The molecule has 1 aromatic carbocycles. The third-order valence-corrected chi connectivity index (χ3v) is 5.26. The monoisotopic (exact) mass is 443 g/mol. The first kappa shape index (κ1) is 22.1. The predicted molar refractivity (Wildman–Crippen MR) is 126 cm³/mol. The normalized spacial score (nSPS) is 11.7. The SMILES string of the molecule is CCOc1ncc(-c2cc(NCC(C)c3cccc4c(C(=O)NC)ccnc34)ncn2)cn1. The highest BCUT2D eigenvalue weighted by atomic mass is 16.5. The van der Waals surface area contributed by atoms with Crippen LogP contribution in [0.1, 0.15) is 35.7 Å². The van der Waals surface area contributed by atoms with Crippen molar-refractivity contribution < 1.29 is 9.53 Å². The van der Waals surface area contributed by atoms with Crippen LogP contribution in [0.25, 0.3) is 22.2 Å². The topological polar surface area (TPSA) is 115 Å². The van der Waals surface area contributed by atoms with Crippen LogP contribution in [0.2, 0.25) is 0 Å². The van der Waals surface area contributed by atoms with Gasteiger partial charge in [-0.3, -0.25) is 9.78 Å². The highest BCUT2D eigenvalue weighted by Gasteiger charge is 2.15. The van der Waals surface area contributed by atoms with Crippen molar-refractivity contribution in [3.8, 4) is 17.3 Å². The van der Waals surface area contributed by atoms with E-state index < -0.39 is 0 Å². The zero-order chi connectivity index (χ0) is 23.2. The Hall–Kier alpha value is -4.14. The average Bonchev–Trinajstić information content (AvgIpc) is 2.87. The number of carbonyl (C=O) groups is 1. The number of hydrogen-bond donors (Lipinski definition) is 2. The standard InChI is InChI=1S/C24H25N7O2/c1-4-33-24-28-12-16(13-29-24)20-10-21(31-14-30-20)27-11-15(2)17-6-5-7-18-19(23(32)25-3)8-9-26-22(17)18/h5-10,12-15H,4,11H2,1-3H3,(H,25,32)(H,27,30,31). The van der Waals surface area contributed by atoms with E-state index in [1.165, 1.54) is 6.33 Å². The Bertz CT molecular complexity index is 1260. The number of anilines is 1. The van der Waals surface area contributed by atoms with Gasteiger partial charge in [0.05, 0.1) is 23.4 Å². The lowest BCUT2D eigenvalue weighted by atomic mass is 9.96. The van der Waals surface area contributed by atoms with Gasteiger partial charge in [0, 0.05) is 55.1 Å². The van der Waals surface area contributed by atoms with E-state index in [1.807, 2.05) is 31.2 Å². The minimum absolute atomic E-state index is 0.119. The van der Waals surface area contributed by atoms with Gasteiger partial charge in [0.1, 0.15) is 12.1 Å². The molecule has 3 aromatic heterocycles. The molecule has 0 spiro atoms. The van der Waals surface area contributed by atoms with Crippen LogP contribution in [0.3, 0.4) is 0 Å². The lowest BCUT2D eigenvalue weighted by Gasteiger charge is -2.16. The van der Waals surface area contributed by atoms with Crippen molar-refractivity contribution in [3.05, 3.63) is 66.4 Å². The molecule has 0 radical (unpaired) electrons. The number of benzene rings is 1. The number of aromatic nitrogens is 5. The number of carbonyl (C=O) groups excluding carboxylic acids is 1. The fraction of sp³-hybridized carbons (Fsp3) is 0.250. The summed E-state index contributed by atoms with van der Waals surface area (Å²) in [5.41, 5.74) is 3.98. The summed E-state index contributed by atoms with van der Waals surface area (Å²) in [6.45, 7) is 5.13. The Morgan fingerprint density at radius 3 is 2.67 bits per heavy atom. The highest BCUT2D eigenvalue weighted by Crippen LogP contribution is 2.27. The van der Waals surface area contributed by atoms with Crippen LogP contribution in [0.4, 0.5) is 5.82 Å². The zero-order valence-electron chi connectivity index (χ0n) is 18.7. The summed E-state index contributed by atoms with van der Waals surface area (Å²) in [4.78, 5) is 33.8. The zero-order valence-corrected chi connectivity index (χ0v) is 18.7. The molecule has 33 heavy (non-hydrogen) atoms. The van der Waals surface area contributed by atoms with Crippen LogP contribution in [0.5, 0.6) is 6.01 Å². The van der Waals surface area contributed by atoms with Crippen LogP contribution >= 0.6 is 0 Å². The number of pyridine rings is 1. The van der Waals surface area contributed by atoms with Crippen LogP contribution in [-0.4, -0.2) is 51.0 Å². The fourth-order valence-electron chi connectivity index (χ4n) is 3.56. The van der Waals surface area contributed by atoms with Gasteiger partial charge in [-0.25, -0.2) is 19.9 Å². The molecule has 9 heteroatoms. The molecule has 1 atom stereocenters. The molecular weight excluding hydrogens is 418 g/mol. The van der Waals surface area contributed by atoms with Crippen molar-refractivity contribution in [2.75, 3.05) is 25.5 Å². The van der Waals surface area contributed by atoms with E-state index >= 15 is 0 Å². The summed E-state index contributed by atoms with van der Waals surface area (Å²) in [6.07, 6.45) is 6.54. The third kappa shape index (κ3) is 4.87. The average molecular weight is 444 g/mol. The van der Waals surface area contributed by atoms with Crippen molar-refractivity contribution >= 4 is 22.6 Å². The predicted octanol–water partition coefficient (Wildman–Crippen LogP) is 3.46. The molecule has 0 aliphatic rings. The number of nitrogens with zero attached hydrogens (tertiary/aromatic N) is 5. The molecular formula is C24H25N7O2. The molecule has 0 saturated carbocycles. The molecule has 0 bridgehead atoms. The number of nitrogens with one attached hydrogen (secondary N) is 2. The fourth-order valence-corrected chi connectivity index (χ4v) is 3.56. The van der Waals surface area contributed by atoms with Crippen LogP contribution in [0.15, 0.2) is 55.2 Å². The minimum atomic E-state index is -0.128. The number of rotatable bonds is 8. The second-order valence-corrected chi connectivity index (χ2v) is 7.44. The van der Waals surface area contributed by atoms with Gasteiger partial charge in [0.15, 0.2) is 0 Å². The maximum Gasteiger partial charge on any atom is 0.316 e. The third-order valence-electron chi connectivity index (χ3n) is 5.26. The quantitative estimate of drug-likeness (QED) is 0.425. The lowest BCUT2D eigenvalue weighted by molar-refractivity contribution is 0.0964. The lowest BCUT2D eigenvalue weighted by Crippen LogP contribution is -2.18. The van der Waals surface area contributed by atoms with Crippen molar-refractivity contribution in [2.45, 2.75) is 19.8 Å². The molecule has 2 N–H and O–H groups in total. The molecule has 168 valence electrons. The molecule has 1 unspecified atom stereocenters. The van der Waals surface area contributed by atoms with Gasteiger partial charge in [-0.1, -0.05) is 25.1 Å². The van der Waals surface area contributed by atoms with E-state index in [-0.39, 0.29) is 11.8 Å². The van der Waals surface area contributed by atoms with Gasteiger partial charge < -0.3 is 15.4 Å². The van der Waals surface area contributed by atoms with E-state index in [9.17, 15) is 4.79 Å². The number of ether oxygens (including phenoxy) is 1. The van der Waals surface area contributed by atoms with E-state index in [4.69, 9.17) is 4.74 Å². The maximum atomic E-state index is 12.2. The molecule has 9 nitrogen and oxygen atoms in total. The first-order valence-electron chi connectivity index (χ1n) is 10.7. The van der Waals surface area contributed by atoms with Crippen molar-refractivity contribution in [3.63, 3.8) is 0 Å². The summed E-state index contributed by atoms with van der Waals surface area (Å²) in [5.74, 6) is 0.686. The molecule has 0 aliphatic carbocycles. The molecule has 1 amide bonds. The highest BCUT2D eigenvalue weighted by molar-refractivity contribution is 6.06. The van der Waals surface area contributed by atoms with Crippen LogP contribution in [0, 0.1) is 0 Å². The second kappa shape index (κ2) is 9.99. The molecule has 3 heterocycles. The first-order valence-corrected chi connectivity index (χ1v) is 10.7. The van der Waals surface area contributed by atoms with Gasteiger partial charge in [-0.05, 0) is 18.6 Å². The molecule has 0 aliphatic heterocycles. The molecule has 0 saturated heterocycles. The van der Waals surface area contributed by atoms with Gasteiger partial charge in [-0.2, -0.15) is 0 Å². The van der Waals surface area contributed by atoms with Crippen molar-refractivity contribution in [1.29, 1.82) is 0 Å². The van der Waals surface area contributed by atoms with Gasteiger partial charge in [0.25, 0.3) is 5.91 Å². The van der Waals surface area contributed by atoms with Gasteiger partial charge >= 0.3 is 6.01 Å². The van der Waals surface area contributed by atoms with Gasteiger partial charge in [0.2, 0.25) is 0 Å². The molecule has 4 aromatic rings. The summed E-state index contributed by atoms with van der Waals surface area (Å²) in [5, 5.41) is 6.90.